The number of nitrogens with two attached hydrogens (primary N) is 1. The van der Waals surface area contributed by atoms with E-state index in [4.69, 9.17) is 5.73 Å². The molecule has 4 rings (SSSR count). The Labute approximate surface area is 185 Å². The SMILES string of the molecule is Cc1c(-c2ccc(-c3ccc(C(=O)N4CC(F)C4)cc3)cc2C(F)(F)F)csc1C(N)=O. The minimum Gasteiger partial charge on any atom is -0.365 e. The van der Waals surface area contributed by atoms with Gasteiger partial charge in [0, 0.05) is 5.56 Å². The molecule has 4 nitrogen and oxygen atoms in total. The number of amides is 2. The van der Waals surface area contributed by atoms with Crippen molar-refractivity contribution in [2.45, 2.75) is 19.3 Å². The summed E-state index contributed by atoms with van der Waals surface area (Å²) in [6, 6.07) is 10.2. The van der Waals surface area contributed by atoms with Crippen molar-refractivity contribution in [1.29, 1.82) is 0 Å². The second-order valence-corrected chi connectivity index (χ2v) is 8.49. The van der Waals surface area contributed by atoms with Crippen molar-refractivity contribution in [2.75, 3.05) is 13.1 Å². The third kappa shape index (κ3) is 4.00. The highest BCUT2D eigenvalue weighted by Crippen LogP contribution is 2.42. The second-order valence-electron chi connectivity index (χ2n) is 7.61. The summed E-state index contributed by atoms with van der Waals surface area (Å²) in [5.41, 5.74) is 6.34. The van der Waals surface area contributed by atoms with Crippen LogP contribution < -0.4 is 5.73 Å². The lowest BCUT2D eigenvalue weighted by Crippen LogP contribution is -2.51. The second kappa shape index (κ2) is 8.05. The zero-order valence-corrected chi connectivity index (χ0v) is 17.7. The average Bonchev–Trinajstić information content (AvgIpc) is 3.11. The van der Waals surface area contributed by atoms with Crippen LogP contribution in [0.5, 0.6) is 0 Å². The summed E-state index contributed by atoms with van der Waals surface area (Å²) < 4.78 is 54.7. The van der Waals surface area contributed by atoms with Gasteiger partial charge in [-0.2, -0.15) is 13.2 Å². The molecule has 2 aromatic carbocycles. The predicted octanol–water partition coefficient (Wildman–Crippen LogP) is 5.30. The van der Waals surface area contributed by atoms with Gasteiger partial charge in [-0.3, -0.25) is 9.59 Å². The number of alkyl halides is 4. The number of likely N-dealkylation sites (tertiary alicyclic amines) is 1. The van der Waals surface area contributed by atoms with Gasteiger partial charge in [0.25, 0.3) is 11.8 Å². The van der Waals surface area contributed by atoms with Crippen molar-refractivity contribution < 1.29 is 27.2 Å². The van der Waals surface area contributed by atoms with Crippen LogP contribution in [0.2, 0.25) is 0 Å². The van der Waals surface area contributed by atoms with E-state index in [1.807, 2.05) is 0 Å². The van der Waals surface area contributed by atoms with Crippen molar-refractivity contribution in [3.8, 4) is 22.3 Å². The molecule has 0 radical (unpaired) electrons. The molecule has 1 aliphatic rings. The lowest BCUT2D eigenvalue weighted by Gasteiger charge is -2.34. The Balaban J connectivity index is 1.69. The van der Waals surface area contributed by atoms with Gasteiger partial charge in [-0.15, -0.1) is 11.3 Å². The van der Waals surface area contributed by atoms with Crippen LogP contribution in [0.1, 0.15) is 31.2 Å². The fourth-order valence-corrected chi connectivity index (χ4v) is 4.64. The monoisotopic (exact) mass is 462 g/mol. The van der Waals surface area contributed by atoms with Crippen molar-refractivity contribution in [1.82, 2.24) is 4.90 Å². The van der Waals surface area contributed by atoms with Gasteiger partial charge >= 0.3 is 6.18 Å². The molecule has 166 valence electrons. The number of thiophene rings is 1. The molecule has 1 aliphatic heterocycles. The summed E-state index contributed by atoms with van der Waals surface area (Å²) >= 11 is 1.01. The van der Waals surface area contributed by atoms with Crippen LogP contribution in [-0.2, 0) is 6.18 Å². The van der Waals surface area contributed by atoms with Gasteiger partial charge in [0.1, 0.15) is 6.17 Å². The van der Waals surface area contributed by atoms with E-state index in [0.29, 0.717) is 27.8 Å². The lowest BCUT2D eigenvalue weighted by atomic mass is 9.93. The summed E-state index contributed by atoms with van der Waals surface area (Å²) in [4.78, 5) is 25.4. The van der Waals surface area contributed by atoms with E-state index in [0.717, 1.165) is 17.4 Å². The summed E-state index contributed by atoms with van der Waals surface area (Å²) in [5, 5.41) is 1.50. The first-order chi connectivity index (χ1) is 15.1. The van der Waals surface area contributed by atoms with Gasteiger partial charge < -0.3 is 10.6 Å². The van der Waals surface area contributed by atoms with Crippen LogP contribution in [0, 0.1) is 6.92 Å². The molecule has 0 aliphatic carbocycles. The minimum atomic E-state index is -4.62. The molecule has 2 heterocycles. The summed E-state index contributed by atoms with van der Waals surface area (Å²) in [6.07, 6.45) is -5.63. The maximum Gasteiger partial charge on any atom is 0.417 e. The molecule has 32 heavy (non-hydrogen) atoms. The van der Waals surface area contributed by atoms with E-state index in [-0.39, 0.29) is 29.4 Å². The highest BCUT2D eigenvalue weighted by atomic mass is 32.1. The van der Waals surface area contributed by atoms with Gasteiger partial charge in [0.05, 0.1) is 23.5 Å². The molecule has 0 atom stereocenters. The Morgan fingerprint density at radius 2 is 1.66 bits per heavy atom. The van der Waals surface area contributed by atoms with Crippen molar-refractivity contribution in [3.05, 3.63) is 69.4 Å². The van der Waals surface area contributed by atoms with Gasteiger partial charge in [-0.05, 0) is 58.3 Å². The highest BCUT2D eigenvalue weighted by molar-refractivity contribution is 7.12. The van der Waals surface area contributed by atoms with E-state index >= 15 is 0 Å². The third-order valence-corrected chi connectivity index (χ3v) is 6.56. The fraction of sp³-hybridized carbons (Fsp3) is 0.217. The molecular formula is C23H18F4N2O2S. The number of nitrogens with zero attached hydrogens (tertiary/aromatic N) is 1. The maximum absolute atomic E-state index is 13.9. The van der Waals surface area contributed by atoms with E-state index in [2.05, 4.69) is 0 Å². The minimum absolute atomic E-state index is 0.0344. The first-order valence-electron chi connectivity index (χ1n) is 9.69. The van der Waals surface area contributed by atoms with Crippen LogP contribution in [0.15, 0.2) is 47.8 Å². The maximum atomic E-state index is 13.9. The molecule has 9 heteroatoms. The first kappa shape index (κ1) is 22.0. The quantitative estimate of drug-likeness (QED) is 0.535. The molecule has 1 aromatic heterocycles. The number of carbonyl (C=O) groups is 2. The van der Waals surface area contributed by atoms with Crippen LogP contribution in [0.4, 0.5) is 17.6 Å². The van der Waals surface area contributed by atoms with Gasteiger partial charge in [-0.25, -0.2) is 4.39 Å². The van der Waals surface area contributed by atoms with Gasteiger partial charge in [0.15, 0.2) is 0 Å². The fourth-order valence-electron chi connectivity index (χ4n) is 3.70. The zero-order chi connectivity index (χ0) is 23.2. The lowest BCUT2D eigenvalue weighted by molar-refractivity contribution is -0.137. The summed E-state index contributed by atoms with van der Waals surface area (Å²) in [6.45, 7) is 1.67. The molecule has 1 saturated heterocycles. The molecule has 0 unspecified atom stereocenters. The third-order valence-electron chi connectivity index (χ3n) is 5.47. The van der Waals surface area contributed by atoms with Crippen LogP contribution >= 0.6 is 11.3 Å². The number of benzene rings is 2. The highest BCUT2D eigenvalue weighted by Gasteiger charge is 2.35. The standard InChI is InChI=1S/C23H18F4N2O2S/c1-12-18(11-32-20(12)21(28)30)17-7-6-15(8-19(17)23(25,26)27)13-2-4-14(5-3-13)22(31)29-9-16(24)10-29/h2-8,11,16H,9-10H2,1H3,(H2,28,30). The number of halogens is 4. The average molecular weight is 462 g/mol. The molecule has 2 N–H and O–H groups in total. The molecule has 2 amide bonds. The van der Waals surface area contributed by atoms with Crippen molar-refractivity contribution >= 4 is 23.2 Å². The van der Waals surface area contributed by atoms with E-state index < -0.39 is 23.8 Å². The molecular weight excluding hydrogens is 444 g/mol. The first-order valence-corrected chi connectivity index (χ1v) is 10.6. The predicted molar refractivity (Wildman–Crippen MR) is 114 cm³/mol. The Kier molecular flexibility index (Phi) is 5.54. The number of hydrogen-bond acceptors (Lipinski definition) is 3. The van der Waals surface area contributed by atoms with Gasteiger partial charge in [-0.1, -0.05) is 24.3 Å². The van der Waals surface area contributed by atoms with E-state index in [1.165, 1.54) is 28.5 Å². The molecule has 1 fully saturated rings. The molecule has 0 spiro atoms. The summed E-state index contributed by atoms with van der Waals surface area (Å²) in [5.74, 6) is -0.992. The zero-order valence-electron chi connectivity index (χ0n) is 16.9. The van der Waals surface area contributed by atoms with Crippen molar-refractivity contribution in [2.24, 2.45) is 5.73 Å². The van der Waals surface area contributed by atoms with Crippen LogP contribution in [0.25, 0.3) is 22.3 Å². The largest absolute Gasteiger partial charge is 0.417 e. The Morgan fingerprint density at radius 1 is 1.03 bits per heavy atom. The number of primary amides is 1. The summed E-state index contributed by atoms with van der Waals surface area (Å²) in [7, 11) is 0. The normalized spacial score (nSPS) is 14.3. The molecule has 0 bridgehead atoms. The molecule has 3 aromatic rings. The van der Waals surface area contributed by atoms with Crippen LogP contribution in [0.3, 0.4) is 0 Å². The number of rotatable bonds is 4. The van der Waals surface area contributed by atoms with Crippen LogP contribution in [-0.4, -0.2) is 36.0 Å². The van der Waals surface area contributed by atoms with Crippen molar-refractivity contribution in [3.63, 3.8) is 0 Å². The number of hydrogen-bond donors (Lipinski definition) is 1. The Bertz CT molecular complexity index is 1200. The van der Waals surface area contributed by atoms with Gasteiger partial charge in [0.2, 0.25) is 0 Å². The number of carbonyl (C=O) groups excluding carboxylic acids is 2. The smallest absolute Gasteiger partial charge is 0.365 e. The molecule has 0 saturated carbocycles. The Morgan fingerprint density at radius 3 is 2.19 bits per heavy atom. The topological polar surface area (TPSA) is 63.4 Å². The van der Waals surface area contributed by atoms with E-state index in [1.54, 1.807) is 25.1 Å². The van der Waals surface area contributed by atoms with E-state index in [9.17, 15) is 27.2 Å². The Hall–Kier alpha value is -3.20.